The zero-order valence-electron chi connectivity index (χ0n) is 13.2. The van der Waals surface area contributed by atoms with Crippen LogP contribution in [0, 0.1) is 0 Å². The van der Waals surface area contributed by atoms with E-state index in [0.29, 0.717) is 16.6 Å². The van der Waals surface area contributed by atoms with Gasteiger partial charge in [0, 0.05) is 10.9 Å². The maximum Gasteiger partial charge on any atom is 0.228 e. The highest BCUT2D eigenvalue weighted by atomic mass is 35.5. The van der Waals surface area contributed by atoms with Crippen molar-refractivity contribution in [3.63, 3.8) is 0 Å². The largest absolute Gasteiger partial charge is 0.329 e. The molecule has 0 fully saturated rings. The predicted octanol–water partition coefficient (Wildman–Crippen LogP) is 3.97. The second-order valence-corrected chi connectivity index (χ2v) is 7.22. The number of halogens is 1. The summed E-state index contributed by atoms with van der Waals surface area (Å²) in [5.74, 6) is -0.00416. The van der Waals surface area contributed by atoms with Gasteiger partial charge in [0.2, 0.25) is 11.0 Å². The molecule has 5 rings (SSSR count). The quantitative estimate of drug-likeness (QED) is 0.498. The normalized spacial score (nSPS) is 13.0. The molecule has 3 heterocycles. The molecular formula is C17H11ClN6OS. The number of benzene rings is 2. The van der Waals surface area contributed by atoms with Crippen LogP contribution in [0.3, 0.4) is 0 Å². The third-order valence-corrected chi connectivity index (χ3v) is 5.50. The number of amides is 1. The molecule has 3 N–H and O–H groups in total. The topological polar surface area (TPSA) is 95.6 Å². The molecule has 9 heteroatoms. The summed E-state index contributed by atoms with van der Waals surface area (Å²) in [6.45, 7) is 0. The molecule has 4 aromatic rings. The number of para-hydroxylation sites is 1. The molecule has 0 bridgehead atoms. The van der Waals surface area contributed by atoms with Crippen molar-refractivity contribution in [1.82, 2.24) is 20.4 Å². The Hall–Kier alpha value is -2.97. The van der Waals surface area contributed by atoms with E-state index in [4.69, 9.17) is 11.6 Å². The number of nitrogens with one attached hydrogen (secondary N) is 3. The van der Waals surface area contributed by atoms with Crippen LogP contribution in [0.25, 0.3) is 21.5 Å². The number of rotatable bonds is 3. The third-order valence-electron chi connectivity index (χ3n) is 4.22. The number of carbonyl (C=O) groups is 1. The average Bonchev–Trinajstić information content (AvgIpc) is 3.35. The van der Waals surface area contributed by atoms with Crippen LogP contribution in [0.4, 0.5) is 16.5 Å². The first-order valence-electron chi connectivity index (χ1n) is 7.83. The average molecular weight is 383 g/mol. The Morgan fingerprint density at radius 2 is 2.12 bits per heavy atom. The van der Waals surface area contributed by atoms with Crippen LogP contribution in [0.15, 0.2) is 36.5 Å². The van der Waals surface area contributed by atoms with Crippen molar-refractivity contribution in [3.8, 4) is 10.6 Å². The van der Waals surface area contributed by atoms with Crippen LogP contribution in [-0.2, 0) is 11.2 Å². The minimum atomic E-state index is -0.00416. The summed E-state index contributed by atoms with van der Waals surface area (Å²) in [5.41, 5.74) is 4.27. The van der Waals surface area contributed by atoms with Gasteiger partial charge in [-0.15, -0.1) is 10.2 Å². The highest BCUT2D eigenvalue weighted by Crippen LogP contribution is 2.38. The summed E-state index contributed by atoms with van der Waals surface area (Å²) in [7, 11) is 0. The number of hydrogen-bond donors (Lipinski definition) is 3. The van der Waals surface area contributed by atoms with E-state index < -0.39 is 0 Å². The zero-order chi connectivity index (χ0) is 17.7. The standard InChI is InChI=1S/C17H11ClN6OS/c18-14-10-7-19-22-11(10)4-5-12(14)20-17-24-23-16(26-17)9-3-1-2-8-6-13(25)21-15(8)9/h1-5,7H,6H2,(H,19,22)(H,20,24)(H,21,25). The Balaban J connectivity index is 1.49. The lowest BCUT2D eigenvalue weighted by Gasteiger charge is -2.05. The molecule has 128 valence electrons. The van der Waals surface area contributed by atoms with Crippen molar-refractivity contribution in [2.24, 2.45) is 0 Å². The minimum Gasteiger partial charge on any atom is -0.329 e. The van der Waals surface area contributed by atoms with Gasteiger partial charge in [0.15, 0.2) is 5.01 Å². The zero-order valence-corrected chi connectivity index (χ0v) is 14.8. The lowest BCUT2D eigenvalue weighted by molar-refractivity contribution is -0.115. The first kappa shape index (κ1) is 15.3. The summed E-state index contributed by atoms with van der Waals surface area (Å²) in [4.78, 5) is 11.7. The molecular weight excluding hydrogens is 372 g/mol. The molecule has 0 radical (unpaired) electrons. The van der Waals surface area contributed by atoms with E-state index in [9.17, 15) is 4.79 Å². The van der Waals surface area contributed by atoms with E-state index in [1.165, 1.54) is 11.3 Å². The Bertz CT molecular complexity index is 1170. The number of nitrogens with zero attached hydrogens (tertiary/aromatic N) is 3. The molecule has 0 saturated heterocycles. The molecule has 7 nitrogen and oxygen atoms in total. The molecule has 1 aliphatic heterocycles. The van der Waals surface area contributed by atoms with Gasteiger partial charge in [-0.2, -0.15) is 5.10 Å². The summed E-state index contributed by atoms with van der Waals surface area (Å²) in [6.07, 6.45) is 2.08. The number of fused-ring (bicyclic) bond motifs is 2. The molecule has 1 aliphatic rings. The summed E-state index contributed by atoms with van der Waals surface area (Å²) in [5, 5.41) is 24.2. The highest BCUT2D eigenvalue weighted by molar-refractivity contribution is 7.18. The number of carbonyl (C=O) groups excluding carboxylic acids is 1. The molecule has 0 spiro atoms. The van der Waals surface area contributed by atoms with Gasteiger partial charge < -0.3 is 10.6 Å². The molecule has 1 amide bonds. The van der Waals surface area contributed by atoms with E-state index in [1.807, 2.05) is 30.3 Å². The number of anilines is 3. The maximum absolute atomic E-state index is 11.7. The number of aromatic nitrogens is 4. The monoisotopic (exact) mass is 382 g/mol. The Morgan fingerprint density at radius 3 is 3.04 bits per heavy atom. The fourth-order valence-corrected chi connectivity index (χ4v) is 4.06. The second-order valence-electron chi connectivity index (χ2n) is 5.86. The molecule has 0 saturated carbocycles. The van der Waals surface area contributed by atoms with Crippen molar-refractivity contribution in [2.75, 3.05) is 10.6 Å². The van der Waals surface area contributed by atoms with Gasteiger partial charge in [-0.25, -0.2) is 0 Å². The van der Waals surface area contributed by atoms with Crippen LogP contribution in [0.1, 0.15) is 5.56 Å². The molecule has 0 aliphatic carbocycles. The highest BCUT2D eigenvalue weighted by Gasteiger charge is 2.22. The SMILES string of the molecule is O=C1Cc2cccc(-c3nnc(Nc4ccc5[nH]ncc5c4Cl)s3)c2N1. The molecule has 2 aromatic heterocycles. The summed E-state index contributed by atoms with van der Waals surface area (Å²) < 4.78 is 0. The third kappa shape index (κ3) is 2.42. The Kier molecular flexibility index (Phi) is 3.41. The van der Waals surface area contributed by atoms with Gasteiger partial charge in [-0.3, -0.25) is 9.89 Å². The molecule has 2 aromatic carbocycles. The lowest BCUT2D eigenvalue weighted by Crippen LogP contribution is -2.04. The van der Waals surface area contributed by atoms with E-state index in [2.05, 4.69) is 31.0 Å². The molecule has 0 atom stereocenters. The van der Waals surface area contributed by atoms with Crippen LogP contribution < -0.4 is 10.6 Å². The fraction of sp³-hybridized carbons (Fsp3) is 0.0588. The van der Waals surface area contributed by atoms with Crippen LogP contribution in [-0.4, -0.2) is 26.3 Å². The first-order valence-corrected chi connectivity index (χ1v) is 9.03. The number of hydrogen-bond acceptors (Lipinski definition) is 6. The predicted molar refractivity (Wildman–Crippen MR) is 102 cm³/mol. The van der Waals surface area contributed by atoms with Crippen LogP contribution in [0.2, 0.25) is 5.02 Å². The van der Waals surface area contributed by atoms with Gasteiger partial charge in [-0.05, 0) is 23.8 Å². The summed E-state index contributed by atoms with van der Waals surface area (Å²) >= 11 is 7.83. The first-order chi connectivity index (χ1) is 12.7. The van der Waals surface area contributed by atoms with Crippen molar-refractivity contribution < 1.29 is 4.79 Å². The van der Waals surface area contributed by atoms with Gasteiger partial charge in [0.05, 0.1) is 34.5 Å². The maximum atomic E-state index is 11.7. The van der Waals surface area contributed by atoms with Crippen LogP contribution >= 0.6 is 22.9 Å². The smallest absolute Gasteiger partial charge is 0.228 e. The van der Waals surface area contributed by atoms with Gasteiger partial charge in [-0.1, -0.05) is 35.1 Å². The van der Waals surface area contributed by atoms with E-state index >= 15 is 0 Å². The number of aromatic amines is 1. The van der Waals surface area contributed by atoms with E-state index in [0.717, 1.165) is 38.4 Å². The van der Waals surface area contributed by atoms with Crippen molar-refractivity contribution in [1.29, 1.82) is 0 Å². The van der Waals surface area contributed by atoms with Gasteiger partial charge in [0.25, 0.3) is 0 Å². The van der Waals surface area contributed by atoms with Crippen molar-refractivity contribution in [2.45, 2.75) is 6.42 Å². The van der Waals surface area contributed by atoms with Gasteiger partial charge >= 0.3 is 0 Å². The van der Waals surface area contributed by atoms with Crippen molar-refractivity contribution in [3.05, 3.63) is 47.1 Å². The lowest BCUT2D eigenvalue weighted by atomic mass is 10.1. The van der Waals surface area contributed by atoms with E-state index in [-0.39, 0.29) is 5.91 Å². The number of H-pyrrole nitrogens is 1. The van der Waals surface area contributed by atoms with Crippen molar-refractivity contribution >= 4 is 56.3 Å². The van der Waals surface area contributed by atoms with Gasteiger partial charge in [0.1, 0.15) is 0 Å². The summed E-state index contributed by atoms with van der Waals surface area (Å²) in [6, 6.07) is 9.56. The Labute approximate surface area is 156 Å². The molecule has 26 heavy (non-hydrogen) atoms. The fourth-order valence-electron chi connectivity index (χ4n) is 3.01. The van der Waals surface area contributed by atoms with E-state index in [1.54, 1.807) is 6.20 Å². The molecule has 0 unspecified atom stereocenters. The minimum absolute atomic E-state index is 0.00416. The van der Waals surface area contributed by atoms with Crippen LogP contribution in [0.5, 0.6) is 0 Å². The Morgan fingerprint density at radius 1 is 1.19 bits per heavy atom. The second kappa shape index (κ2) is 5.79.